The van der Waals surface area contributed by atoms with Gasteiger partial charge in [0.2, 0.25) is 0 Å². The van der Waals surface area contributed by atoms with Crippen molar-refractivity contribution in [3.63, 3.8) is 0 Å². The van der Waals surface area contributed by atoms with Gasteiger partial charge in [-0.2, -0.15) is 0 Å². The fraction of sp³-hybridized carbons (Fsp3) is 0.385. The van der Waals surface area contributed by atoms with E-state index in [1.807, 2.05) is 11.9 Å². The number of nitrogens with zero attached hydrogens (tertiary/aromatic N) is 1. The highest BCUT2D eigenvalue weighted by Crippen LogP contribution is 2.51. The molecular weight excluding hydrogens is 372 g/mol. The van der Waals surface area contributed by atoms with Gasteiger partial charge in [-0.3, -0.25) is 0 Å². The molecule has 0 aromatic heterocycles. The first-order valence-corrected chi connectivity index (χ1v) is 11.5. The van der Waals surface area contributed by atoms with Crippen LogP contribution in [-0.2, 0) is 11.8 Å². The highest BCUT2D eigenvalue weighted by atomic mass is 32.2. The summed E-state index contributed by atoms with van der Waals surface area (Å²) in [5, 5.41) is 3.51. The Morgan fingerprint density at radius 3 is 2.52 bits per heavy atom. The van der Waals surface area contributed by atoms with E-state index in [4.69, 9.17) is 0 Å². The number of rotatable bonds is 4. The van der Waals surface area contributed by atoms with E-state index in [-0.39, 0.29) is 10.8 Å². The lowest BCUT2D eigenvalue weighted by Gasteiger charge is -2.45. The average molecular weight is 403 g/mol. The molecule has 2 aliphatic heterocycles. The molecule has 3 heteroatoms. The van der Waals surface area contributed by atoms with Crippen LogP contribution in [0.1, 0.15) is 44.7 Å². The summed E-state index contributed by atoms with van der Waals surface area (Å²) in [5.74, 6) is 0. The predicted molar refractivity (Wildman–Crippen MR) is 123 cm³/mol. The number of benzene rings is 2. The van der Waals surface area contributed by atoms with E-state index in [2.05, 4.69) is 91.1 Å². The maximum atomic E-state index is 3.51. The first kappa shape index (κ1) is 19.0. The lowest BCUT2D eigenvalue weighted by Crippen LogP contribution is -2.43. The second kappa shape index (κ2) is 7.07. The van der Waals surface area contributed by atoms with Gasteiger partial charge in [0.15, 0.2) is 0 Å². The molecule has 1 saturated heterocycles. The molecule has 2 nitrogen and oxygen atoms in total. The number of allylic oxidation sites excluding steroid dienone is 2. The van der Waals surface area contributed by atoms with Crippen LogP contribution in [-0.4, -0.2) is 17.4 Å². The molecule has 150 valence electrons. The van der Waals surface area contributed by atoms with Crippen LogP contribution in [0.2, 0.25) is 0 Å². The Hall–Kier alpha value is -1.97. The molecule has 1 fully saturated rings. The highest BCUT2D eigenvalue weighted by Gasteiger charge is 2.46. The molecule has 0 amide bonds. The largest absolute Gasteiger partial charge is 0.356 e. The normalized spacial score (nSPS) is 23.8. The fourth-order valence-electron chi connectivity index (χ4n) is 4.79. The van der Waals surface area contributed by atoms with E-state index in [1.54, 1.807) is 5.57 Å². The van der Waals surface area contributed by atoms with Gasteiger partial charge >= 0.3 is 0 Å². The van der Waals surface area contributed by atoms with Gasteiger partial charge < -0.3 is 5.32 Å². The predicted octanol–water partition coefficient (Wildman–Crippen LogP) is 6.07. The van der Waals surface area contributed by atoms with Crippen LogP contribution in [0.25, 0.3) is 0 Å². The molecule has 5 rings (SSSR count). The Morgan fingerprint density at radius 2 is 1.79 bits per heavy atom. The molecule has 29 heavy (non-hydrogen) atoms. The smallest absolute Gasteiger partial charge is 0.0578 e. The van der Waals surface area contributed by atoms with E-state index in [9.17, 15) is 0 Å². The molecule has 0 saturated carbocycles. The molecule has 1 aliphatic carbocycles. The molecule has 1 unspecified atom stereocenters. The van der Waals surface area contributed by atoms with Gasteiger partial charge in [0.1, 0.15) is 0 Å². The first-order chi connectivity index (χ1) is 13.9. The third-order valence-corrected chi connectivity index (χ3v) is 7.57. The van der Waals surface area contributed by atoms with Gasteiger partial charge in [-0.1, -0.05) is 68.8 Å². The second-order valence-electron chi connectivity index (χ2n) is 9.79. The number of hydrogen-bond donors (Lipinski definition) is 1. The van der Waals surface area contributed by atoms with Gasteiger partial charge in [-0.25, -0.2) is 4.31 Å². The van der Waals surface area contributed by atoms with E-state index in [0.29, 0.717) is 0 Å². The highest BCUT2D eigenvalue weighted by molar-refractivity contribution is 7.97. The van der Waals surface area contributed by atoms with Crippen molar-refractivity contribution in [3.8, 4) is 0 Å². The van der Waals surface area contributed by atoms with Crippen molar-refractivity contribution in [2.75, 3.05) is 13.1 Å². The maximum Gasteiger partial charge on any atom is 0.0578 e. The van der Waals surface area contributed by atoms with Crippen molar-refractivity contribution < 1.29 is 0 Å². The lowest BCUT2D eigenvalue weighted by atomic mass is 9.68. The van der Waals surface area contributed by atoms with E-state index < -0.39 is 0 Å². The number of piperidine rings is 1. The van der Waals surface area contributed by atoms with Gasteiger partial charge in [0, 0.05) is 35.5 Å². The minimum absolute atomic E-state index is 0.207. The number of nitrogens with one attached hydrogen (secondary N) is 1. The van der Waals surface area contributed by atoms with Crippen molar-refractivity contribution in [2.45, 2.75) is 50.3 Å². The summed E-state index contributed by atoms with van der Waals surface area (Å²) in [4.78, 5) is 1.35. The Bertz CT molecular complexity index is 966. The molecule has 3 aliphatic rings. The van der Waals surface area contributed by atoms with Crippen molar-refractivity contribution in [1.29, 1.82) is 0 Å². The van der Waals surface area contributed by atoms with Crippen molar-refractivity contribution in [2.24, 2.45) is 5.41 Å². The summed E-state index contributed by atoms with van der Waals surface area (Å²) >= 11 is 1.93. The Kier molecular flexibility index (Phi) is 4.64. The molecule has 1 atom stereocenters. The summed E-state index contributed by atoms with van der Waals surface area (Å²) in [6.45, 7) is 9.06. The van der Waals surface area contributed by atoms with Gasteiger partial charge in [0.05, 0.1) is 5.70 Å². The Balaban J connectivity index is 1.36. The standard InChI is InChI=1S/C26H30N2S/c1-25(2,3)20-9-11-22(12-10-20)29-28-14-13-21-15-23-24(27-23)17-26(21,18-28)16-19-7-5-4-6-8-19/h4-12,15,27H,13-14,16-18H2,1-3H3. The zero-order chi connectivity index (χ0) is 20.1. The zero-order valence-electron chi connectivity index (χ0n) is 17.7. The molecular formula is C26H30N2S. The number of hydrogen-bond acceptors (Lipinski definition) is 3. The molecule has 2 heterocycles. The summed E-state index contributed by atoms with van der Waals surface area (Å²) in [7, 11) is 0. The third-order valence-electron chi connectivity index (χ3n) is 6.51. The van der Waals surface area contributed by atoms with Crippen molar-refractivity contribution in [1.82, 2.24) is 9.62 Å². The van der Waals surface area contributed by atoms with Crippen molar-refractivity contribution >= 4 is 11.9 Å². The van der Waals surface area contributed by atoms with Gasteiger partial charge in [-0.05, 0) is 59.5 Å². The zero-order valence-corrected chi connectivity index (χ0v) is 18.5. The third kappa shape index (κ3) is 3.91. The van der Waals surface area contributed by atoms with Crippen LogP contribution in [0.4, 0.5) is 0 Å². The van der Waals surface area contributed by atoms with Crippen LogP contribution in [0.3, 0.4) is 0 Å². The van der Waals surface area contributed by atoms with Crippen LogP contribution in [0.5, 0.6) is 0 Å². The quantitative estimate of drug-likeness (QED) is 0.628. The lowest BCUT2D eigenvalue weighted by molar-refractivity contribution is 0.221. The molecule has 2 aromatic carbocycles. The second-order valence-corrected chi connectivity index (χ2v) is 11.0. The molecule has 1 N–H and O–H groups in total. The molecule has 0 spiro atoms. The topological polar surface area (TPSA) is 25.2 Å². The average Bonchev–Trinajstić information content (AvgIpc) is 3.44. The van der Waals surface area contributed by atoms with Gasteiger partial charge in [0.25, 0.3) is 0 Å². The van der Waals surface area contributed by atoms with Crippen LogP contribution in [0.15, 0.2) is 82.5 Å². The van der Waals surface area contributed by atoms with E-state index in [0.717, 1.165) is 25.9 Å². The van der Waals surface area contributed by atoms with E-state index >= 15 is 0 Å². The SMILES string of the molecule is CC(C)(C)c1ccc(SN2CCC3=CC4=C(CC3(Cc3ccccc3)C2)N4)cc1. The summed E-state index contributed by atoms with van der Waals surface area (Å²) in [6.07, 6.45) is 5.89. The monoisotopic (exact) mass is 402 g/mol. The number of fused-ring (bicyclic) bond motifs is 1. The van der Waals surface area contributed by atoms with Crippen LogP contribution in [0, 0.1) is 5.41 Å². The summed E-state index contributed by atoms with van der Waals surface area (Å²) in [6, 6.07) is 20.2. The van der Waals surface area contributed by atoms with E-state index in [1.165, 1.54) is 33.8 Å². The summed E-state index contributed by atoms with van der Waals surface area (Å²) in [5.41, 5.74) is 7.78. The fourth-order valence-corrected chi connectivity index (χ4v) is 5.84. The minimum atomic E-state index is 0.207. The molecule has 0 bridgehead atoms. The van der Waals surface area contributed by atoms with Crippen LogP contribution < -0.4 is 5.32 Å². The Labute approximate surface area is 179 Å². The molecule has 0 radical (unpaired) electrons. The summed E-state index contributed by atoms with van der Waals surface area (Å²) < 4.78 is 2.60. The van der Waals surface area contributed by atoms with Crippen molar-refractivity contribution in [3.05, 3.63) is 88.8 Å². The maximum absolute atomic E-state index is 3.51. The van der Waals surface area contributed by atoms with Crippen LogP contribution >= 0.6 is 11.9 Å². The Morgan fingerprint density at radius 1 is 1.03 bits per heavy atom. The van der Waals surface area contributed by atoms with Gasteiger partial charge in [-0.15, -0.1) is 0 Å². The molecule has 2 aromatic rings. The minimum Gasteiger partial charge on any atom is -0.356 e. The first-order valence-electron chi connectivity index (χ1n) is 10.7.